The van der Waals surface area contributed by atoms with E-state index in [1.165, 1.54) is 42.5 Å². The van der Waals surface area contributed by atoms with Crippen molar-refractivity contribution in [1.82, 2.24) is 14.9 Å². The van der Waals surface area contributed by atoms with Gasteiger partial charge in [0.2, 0.25) is 0 Å². The highest BCUT2D eigenvalue weighted by Gasteiger charge is 2.15. The summed E-state index contributed by atoms with van der Waals surface area (Å²) in [5, 5.41) is 4.63. The molecule has 0 saturated carbocycles. The second kappa shape index (κ2) is 7.24. The summed E-state index contributed by atoms with van der Waals surface area (Å²) in [5.74, 6) is 1.79. The molecule has 1 aromatic carbocycles. The summed E-state index contributed by atoms with van der Waals surface area (Å²) in [7, 11) is 0. The molecule has 3 aromatic rings. The van der Waals surface area contributed by atoms with Gasteiger partial charge in [-0.15, -0.1) is 0 Å². The molecule has 0 bridgehead atoms. The maximum absolute atomic E-state index is 6.07. The van der Waals surface area contributed by atoms with Crippen molar-refractivity contribution in [1.29, 1.82) is 0 Å². The second-order valence-corrected chi connectivity index (χ2v) is 7.54. The molecule has 2 aliphatic heterocycles. The molecular formula is C22H26N4O. The van der Waals surface area contributed by atoms with Gasteiger partial charge in [0.1, 0.15) is 17.7 Å². The number of nitrogens with zero attached hydrogens (tertiary/aromatic N) is 3. The molecule has 27 heavy (non-hydrogen) atoms. The van der Waals surface area contributed by atoms with Crippen molar-refractivity contribution in [2.24, 2.45) is 0 Å². The Balaban J connectivity index is 1.36. The van der Waals surface area contributed by atoms with Crippen LogP contribution in [0, 0.1) is 0 Å². The first-order valence-corrected chi connectivity index (χ1v) is 10.1. The number of anilines is 1. The highest BCUT2D eigenvalue weighted by Crippen LogP contribution is 2.27. The van der Waals surface area contributed by atoms with Gasteiger partial charge in [-0.25, -0.2) is 4.98 Å². The van der Waals surface area contributed by atoms with Crippen LogP contribution < -0.4 is 15.0 Å². The molecule has 5 heteroatoms. The van der Waals surface area contributed by atoms with Crippen LogP contribution in [-0.4, -0.2) is 41.8 Å². The molecule has 5 rings (SSSR count). The van der Waals surface area contributed by atoms with Crippen LogP contribution in [0.4, 0.5) is 5.69 Å². The van der Waals surface area contributed by atoms with Gasteiger partial charge in [-0.05, 0) is 75.2 Å². The van der Waals surface area contributed by atoms with E-state index in [1.807, 2.05) is 18.3 Å². The molecule has 0 amide bonds. The maximum Gasteiger partial charge on any atom is 0.138 e. The quantitative estimate of drug-likeness (QED) is 0.767. The van der Waals surface area contributed by atoms with E-state index in [2.05, 4.69) is 50.2 Å². The molecule has 2 saturated heterocycles. The minimum atomic E-state index is 0.301. The van der Waals surface area contributed by atoms with E-state index >= 15 is 0 Å². The molecule has 2 aliphatic rings. The van der Waals surface area contributed by atoms with E-state index in [4.69, 9.17) is 4.74 Å². The summed E-state index contributed by atoms with van der Waals surface area (Å²) in [4.78, 5) is 7.12. The average Bonchev–Trinajstić information content (AvgIpc) is 3.39. The Labute approximate surface area is 160 Å². The molecular weight excluding hydrogens is 336 g/mol. The lowest BCUT2D eigenvalue weighted by atomic mass is 10.1. The first-order valence-electron chi connectivity index (χ1n) is 10.1. The fourth-order valence-electron chi connectivity index (χ4n) is 4.19. The monoisotopic (exact) mass is 362 g/mol. The third kappa shape index (κ3) is 3.39. The third-order valence-corrected chi connectivity index (χ3v) is 5.70. The zero-order chi connectivity index (χ0) is 18.1. The largest absolute Gasteiger partial charge is 0.489 e. The number of hydrogen-bond acceptors (Lipinski definition) is 4. The number of ether oxygens (including phenoxy) is 1. The van der Waals surface area contributed by atoms with E-state index in [-0.39, 0.29) is 0 Å². The van der Waals surface area contributed by atoms with Gasteiger partial charge in [-0.1, -0.05) is 0 Å². The number of benzene rings is 1. The number of aromatic nitrogens is 2. The first-order chi connectivity index (χ1) is 13.4. The van der Waals surface area contributed by atoms with Crippen molar-refractivity contribution >= 4 is 16.6 Å². The van der Waals surface area contributed by atoms with Gasteiger partial charge in [0.15, 0.2) is 0 Å². The summed E-state index contributed by atoms with van der Waals surface area (Å²) >= 11 is 0. The predicted molar refractivity (Wildman–Crippen MR) is 109 cm³/mol. The normalized spacial score (nSPS) is 18.3. The molecule has 2 fully saturated rings. The van der Waals surface area contributed by atoms with Gasteiger partial charge >= 0.3 is 0 Å². The van der Waals surface area contributed by atoms with Gasteiger partial charge in [0.25, 0.3) is 0 Å². The Kier molecular flexibility index (Phi) is 4.46. The van der Waals surface area contributed by atoms with Gasteiger partial charge in [-0.2, -0.15) is 0 Å². The molecule has 0 atom stereocenters. The zero-order valence-corrected chi connectivity index (χ0v) is 15.6. The number of rotatable bonds is 4. The minimum Gasteiger partial charge on any atom is -0.489 e. The number of nitrogens with one attached hydrogen (secondary N) is 1. The highest BCUT2D eigenvalue weighted by molar-refractivity contribution is 5.85. The van der Waals surface area contributed by atoms with Gasteiger partial charge in [0.05, 0.1) is 11.7 Å². The topological polar surface area (TPSA) is 42.3 Å². The molecule has 4 heterocycles. The van der Waals surface area contributed by atoms with E-state index < -0.39 is 0 Å². The van der Waals surface area contributed by atoms with E-state index in [9.17, 15) is 0 Å². The summed E-state index contributed by atoms with van der Waals surface area (Å²) in [5.41, 5.74) is 2.52. The Hall–Kier alpha value is -2.53. The molecule has 2 aromatic heterocycles. The lowest BCUT2D eigenvalue weighted by molar-refractivity contribution is 0.162. The third-order valence-electron chi connectivity index (χ3n) is 5.70. The van der Waals surface area contributed by atoms with Crippen LogP contribution in [0.2, 0.25) is 0 Å². The van der Waals surface area contributed by atoms with Crippen molar-refractivity contribution in [2.75, 3.05) is 31.1 Å². The Morgan fingerprint density at radius 2 is 1.85 bits per heavy atom. The maximum atomic E-state index is 6.07. The summed E-state index contributed by atoms with van der Waals surface area (Å²) in [6.07, 6.45) is 8.97. The van der Waals surface area contributed by atoms with Crippen molar-refractivity contribution in [2.45, 2.75) is 31.8 Å². The van der Waals surface area contributed by atoms with Crippen LogP contribution in [0.5, 0.6) is 5.75 Å². The minimum absolute atomic E-state index is 0.301. The Morgan fingerprint density at radius 3 is 2.63 bits per heavy atom. The molecule has 0 unspecified atom stereocenters. The first kappa shape index (κ1) is 16.6. The van der Waals surface area contributed by atoms with E-state index in [0.29, 0.717) is 6.10 Å². The van der Waals surface area contributed by atoms with Crippen LogP contribution in [0.25, 0.3) is 16.7 Å². The van der Waals surface area contributed by atoms with E-state index in [0.717, 1.165) is 37.5 Å². The number of pyridine rings is 1. The van der Waals surface area contributed by atoms with Crippen LogP contribution >= 0.6 is 0 Å². The fraction of sp³-hybridized carbons (Fsp3) is 0.409. The summed E-state index contributed by atoms with van der Waals surface area (Å²) in [6, 6.07) is 13.0. The second-order valence-electron chi connectivity index (χ2n) is 7.54. The van der Waals surface area contributed by atoms with Crippen LogP contribution in [0.3, 0.4) is 0 Å². The van der Waals surface area contributed by atoms with Crippen LogP contribution in [0.15, 0.2) is 48.8 Å². The number of piperidine rings is 1. The predicted octanol–water partition coefficient (Wildman–Crippen LogP) is 3.76. The van der Waals surface area contributed by atoms with Crippen LogP contribution in [0.1, 0.15) is 25.7 Å². The lowest BCUT2D eigenvalue weighted by Gasteiger charge is -2.23. The smallest absolute Gasteiger partial charge is 0.138 e. The average molecular weight is 362 g/mol. The molecule has 5 nitrogen and oxygen atoms in total. The van der Waals surface area contributed by atoms with Gasteiger partial charge in [0, 0.05) is 30.4 Å². The molecule has 1 N–H and O–H groups in total. The SMILES string of the molecule is c1cc(-n2ccc3cc(N4CCCC4)ccc32)ncc1OC1CCNCC1. The summed E-state index contributed by atoms with van der Waals surface area (Å²) < 4.78 is 8.22. The number of hydrogen-bond donors (Lipinski definition) is 1. The lowest BCUT2D eigenvalue weighted by Crippen LogP contribution is -2.34. The highest BCUT2D eigenvalue weighted by atomic mass is 16.5. The van der Waals surface area contributed by atoms with Crippen LogP contribution in [-0.2, 0) is 0 Å². The molecule has 140 valence electrons. The van der Waals surface area contributed by atoms with Gasteiger partial charge in [-0.3, -0.25) is 0 Å². The number of fused-ring (bicyclic) bond motifs is 1. The Morgan fingerprint density at radius 1 is 1.00 bits per heavy atom. The molecule has 0 radical (unpaired) electrons. The van der Waals surface area contributed by atoms with Crippen molar-refractivity contribution in [3.05, 3.63) is 48.8 Å². The fourth-order valence-corrected chi connectivity index (χ4v) is 4.19. The Bertz CT molecular complexity index is 906. The van der Waals surface area contributed by atoms with Crippen molar-refractivity contribution < 1.29 is 4.74 Å². The van der Waals surface area contributed by atoms with E-state index in [1.54, 1.807) is 0 Å². The standard InChI is InChI=1S/C22H26N4O/c1-2-13-25(12-1)18-3-5-21-17(15-18)9-14-26(21)22-6-4-20(16-24-22)27-19-7-10-23-11-8-19/h3-6,9,14-16,19,23H,1-2,7-8,10-13H2. The summed E-state index contributed by atoms with van der Waals surface area (Å²) in [6.45, 7) is 4.41. The zero-order valence-electron chi connectivity index (χ0n) is 15.6. The van der Waals surface area contributed by atoms with Crippen molar-refractivity contribution in [3.63, 3.8) is 0 Å². The molecule has 0 spiro atoms. The van der Waals surface area contributed by atoms with Crippen molar-refractivity contribution in [3.8, 4) is 11.6 Å². The van der Waals surface area contributed by atoms with Gasteiger partial charge < -0.3 is 19.5 Å². The molecule has 0 aliphatic carbocycles.